The second kappa shape index (κ2) is 4.03. The van der Waals surface area contributed by atoms with Gasteiger partial charge in [-0.2, -0.15) is 0 Å². The van der Waals surface area contributed by atoms with Crippen LogP contribution in [0.2, 0.25) is 0 Å². The van der Waals surface area contributed by atoms with Crippen molar-refractivity contribution in [2.45, 2.75) is 0 Å². The number of fused-ring (bicyclic) bond motifs is 2. The van der Waals surface area contributed by atoms with Crippen LogP contribution in [0.3, 0.4) is 0 Å². The topological polar surface area (TPSA) is 54.4 Å². The van der Waals surface area contributed by atoms with Gasteiger partial charge in [0.05, 0.1) is 5.56 Å². The highest BCUT2D eigenvalue weighted by atomic mass is 16.4. The molecule has 0 spiro atoms. The minimum Gasteiger partial charge on any atom is -0.478 e. The molecule has 4 rings (SSSR count). The third-order valence-corrected chi connectivity index (χ3v) is 3.96. The molecular weight excluding hydrogens is 264 g/mol. The Morgan fingerprint density at radius 2 is 1.52 bits per heavy atom. The summed E-state index contributed by atoms with van der Waals surface area (Å²) in [5.74, 6) is -1.03. The van der Waals surface area contributed by atoms with Gasteiger partial charge in [-0.1, -0.05) is 48.5 Å². The maximum Gasteiger partial charge on any atom is 0.336 e. The quantitative estimate of drug-likeness (QED) is 0.575. The zero-order chi connectivity index (χ0) is 14.6. The average molecular weight is 274 g/mol. The van der Waals surface area contributed by atoms with Crippen LogP contribution < -0.4 is 0 Å². The van der Waals surface area contributed by atoms with Gasteiger partial charge < -0.3 is 5.11 Å². The first-order chi connectivity index (χ1) is 10.2. The number of aromatic carboxylic acids is 1. The predicted octanol–water partition coefficient (Wildman–Crippen LogP) is 3.75. The molecule has 1 aliphatic rings. The van der Waals surface area contributed by atoms with E-state index in [0.29, 0.717) is 22.3 Å². The molecule has 3 heteroatoms. The Labute approximate surface area is 120 Å². The van der Waals surface area contributed by atoms with Crippen LogP contribution >= 0.6 is 0 Å². The van der Waals surface area contributed by atoms with E-state index in [4.69, 9.17) is 0 Å². The lowest BCUT2D eigenvalue weighted by Crippen LogP contribution is -2.12. The average Bonchev–Trinajstić information content (AvgIpc) is 2.51. The fraction of sp³-hybridized carbons (Fsp3) is 0. The molecule has 0 bridgehead atoms. The first-order valence-corrected chi connectivity index (χ1v) is 6.61. The molecular formula is C18H10O3. The molecule has 3 aromatic carbocycles. The monoisotopic (exact) mass is 274 g/mol. The smallest absolute Gasteiger partial charge is 0.336 e. The molecule has 0 radical (unpaired) electrons. The standard InChI is InChI=1S/C18H10O3/c19-17-12-6-2-1-5-11(12)16-14(18(20)21)9-8-10-4-3-7-13(17)15(10)16/h1-9H,(H,20,21). The van der Waals surface area contributed by atoms with E-state index in [1.54, 1.807) is 30.3 Å². The molecule has 21 heavy (non-hydrogen) atoms. The molecule has 3 nitrogen and oxygen atoms in total. The summed E-state index contributed by atoms with van der Waals surface area (Å²) in [6, 6.07) is 16.0. The first kappa shape index (κ1) is 11.9. The zero-order valence-corrected chi connectivity index (χ0v) is 11.0. The summed E-state index contributed by atoms with van der Waals surface area (Å²) < 4.78 is 0. The SMILES string of the molecule is O=C(O)c1ccc2cccc3c2c1-c1ccccc1C3=O. The molecule has 0 saturated heterocycles. The summed E-state index contributed by atoms with van der Waals surface area (Å²) in [6.45, 7) is 0. The summed E-state index contributed by atoms with van der Waals surface area (Å²) in [7, 11) is 0. The summed E-state index contributed by atoms with van der Waals surface area (Å²) in [4.78, 5) is 24.2. The van der Waals surface area contributed by atoms with Crippen molar-refractivity contribution in [1.29, 1.82) is 0 Å². The van der Waals surface area contributed by atoms with Gasteiger partial charge in [0, 0.05) is 22.1 Å². The molecule has 0 unspecified atom stereocenters. The number of carboxylic acids is 1. The van der Waals surface area contributed by atoms with Gasteiger partial charge in [0.2, 0.25) is 0 Å². The Kier molecular flexibility index (Phi) is 2.27. The predicted molar refractivity (Wildman–Crippen MR) is 79.8 cm³/mol. The van der Waals surface area contributed by atoms with Gasteiger partial charge in [-0.3, -0.25) is 4.79 Å². The van der Waals surface area contributed by atoms with Crippen LogP contribution in [-0.4, -0.2) is 16.9 Å². The lowest BCUT2D eigenvalue weighted by atomic mass is 9.81. The molecule has 3 aromatic rings. The number of carboxylic acid groups (broad SMARTS) is 1. The molecule has 1 N–H and O–H groups in total. The molecule has 0 fully saturated rings. The third kappa shape index (κ3) is 1.48. The number of hydrogen-bond acceptors (Lipinski definition) is 2. The lowest BCUT2D eigenvalue weighted by Gasteiger charge is -2.21. The van der Waals surface area contributed by atoms with E-state index < -0.39 is 5.97 Å². The highest BCUT2D eigenvalue weighted by molar-refractivity contribution is 6.27. The summed E-state index contributed by atoms with van der Waals surface area (Å²) in [5.41, 5.74) is 2.71. The van der Waals surface area contributed by atoms with Crippen molar-refractivity contribution in [2.75, 3.05) is 0 Å². The van der Waals surface area contributed by atoms with E-state index in [0.717, 1.165) is 10.8 Å². The van der Waals surface area contributed by atoms with E-state index >= 15 is 0 Å². The van der Waals surface area contributed by atoms with E-state index in [-0.39, 0.29) is 11.3 Å². The minimum absolute atomic E-state index is 0.0498. The molecule has 0 atom stereocenters. The summed E-state index contributed by atoms with van der Waals surface area (Å²) in [5, 5.41) is 11.1. The van der Waals surface area contributed by atoms with E-state index in [9.17, 15) is 14.7 Å². The van der Waals surface area contributed by atoms with Crippen LogP contribution in [0, 0.1) is 0 Å². The van der Waals surface area contributed by atoms with Crippen LogP contribution in [0.1, 0.15) is 26.3 Å². The van der Waals surface area contributed by atoms with Crippen molar-refractivity contribution < 1.29 is 14.7 Å². The Morgan fingerprint density at radius 1 is 0.810 bits per heavy atom. The maximum atomic E-state index is 12.6. The van der Waals surface area contributed by atoms with E-state index in [1.807, 2.05) is 24.3 Å². The van der Waals surface area contributed by atoms with Crippen LogP contribution in [0.25, 0.3) is 21.9 Å². The number of rotatable bonds is 1. The van der Waals surface area contributed by atoms with Crippen LogP contribution in [0.15, 0.2) is 54.6 Å². The molecule has 0 heterocycles. The Bertz CT molecular complexity index is 938. The van der Waals surface area contributed by atoms with Gasteiger partial charge in [0.15, 0.2) is 5.78 Å². The first-order valence-electron chi connectivity index (χ1n) is 6.61. The molecule has 0 amide bonds. The number of carbonyl (C=O) groups excluding carboxylic acids is 1. The lowest BCUT2D eigenvalue weighted by molar-refractivity contribution is 0.0697. The molecule has 0 aliphatic heterocycles. The van der Waals surface area contributed by atoms with Gasteiger partial charge in [-0.15, -0.1) is 0 Å². The van der Waals surface area contributed by atoms with Crippen molar-refractivity contribution in [2.24, 2.45) is 0 Å². The largest absolute Gasteiger partial charge is 0.478 e. The van der Waals surface area contributed by atoms with Crippen LogP contribution in [0.4, 0.5) is 0 Å². The number of benzene rings is 3. The molecule has 0 saturated carbocycles. The van der Waals surface area contributed by atoms with Crippen molar-refractivity contribution in [1.82, 2.24) is 0 Å². The Balaban J connectivity index is 2.29. The molecule has 100 valence electrons. The van der Waals surface area contributed by atoms with Crippen molar-refractivity contribution in [3.8, 4) is 11.1 Å². The van der Waals surface area contributed by atoms with Crippen LogP contribution in [-0.2, 0) is 0 Å². The minimum atomic E-state index is -0.981. The second-order valence-corrected chi connectivity index (χ2v) is 5.07. The number of ketones is 1. The van der Waals surface area contributed by atoms with Crippen molar-refractivity contribution >= 4 is 22.5 Å². The molecule has 0 aromatic heterocycles. The highest BCUT2D eigenvalue weighted by Gasteiger charge is 2.28. The normalized spacial score (nSPS) is 12.3. The van der Waals surface area contributed by atoms with E-state index in [2.05, 4.69) is 0 Å². The third-order valence-electron chi connectivity index (χ3n) is 3.96. The van der Waals surface area contributed by atoms with Gasteiger partial charge in [-0.25, -0.2) is 4.79 Å². The summed E-state index contributed by atoms with van der Waals surface area (Å²) in [6.07, 6.45) is 0. The van der Waals surface area contributed by atoms with E-state index in [1.165, 1.54) is 0 Å². The molecule has 1 aliphatic carbocycles. The Hall–Kier alpha value is -2.94. The number of hydrogen-bond donors (Lipinski definition) is 1. The van der Waals surface area contributed by atoms with Gasteiger partial charge in [-0.05, 0) is 17.0 Å². The second-order valence-electron chi connectivity index (χ2n) is 5.07. The van der Waals surface area contributed by atoms with Gasteiger partial charge in [0.1, 0.15) is 0 Å². The zero-order valence-electron chi connectivity index (χ0n) is 11.0. The summed E-state index contributed by atoms with van der Waals surface area (Å²) >= 11 is 0. The fourth-order valence-electron chi connectivity index (χ4n) is 3.07. The maximum absolute atomic E-state index is 12.6. The fourth-order valence-corrected chi connectivity index (χ4v) is 3.07. The van der Waals surface area contributed by atoms with Crippen molar-refractivity contribution in [3.05, 3.63) is 71.3 Å². The number of carbonyl (C=O) groups is 2. The van der Waals surface area contributed by atoms with Gasteiger partial charge in [0.25, 0.3) is 0 Å². The van der Waals surface area contributed by atoms with Crippen LogP contribution in [0.5, 0.6) is 0 Å². The Morgan fingerprint density at radius 3 is 2.29 bits per heavy atom. The van der Waals surface area contributed by atoms with Gasteiger partial charge >= 0.3 is 5.97 Å². The van der Waals surface area contributed by atoms with Crippen molar-refractivity contribution in [3.63, 3.8) is 0 Å². The highest BCUT2D eigenvalue weighted by Crippen LogP contribution is 2.41.